The molecule has 1 aliphatic heterocycles. The van der Waals surface area contributed by atoms with E-state index in [0.717, 1.165) is 31.0 Å². The number of benzene rings is 1. The first-order valence-corrected chi connectivity index (χ1v) is 13.2. The Balaban J connectivity index is 1.33. The van der Waals surface area contributed by atoms with E-state index in [1.54, 1.807) is 18.2 Å². The van der Waals surface area contributed by atoms with Crippen LogP contribution in [-0.4, -0.2) is 71.2 Å². The smallest absolute Gasteiger partial charge is 0.384 e. The second kappa shape index (κ2) is 12.0. The summed E-state index contributed by atoms with van der Waals surface area (Å²) in [6, 6.07) is 9.58. The molecule has 39 heavy (non-hydrogen) atoms. The van der Waals surface area contributed by atoms with Gasteiger partial charge >= 0.3 is 6.18 Å². The van der Waals surface area contributed by atoms with Crippen LogP contribution in [0.1, 0.15) is 60.6 Å². The van der Waals surface area contributed by atoms with Crippen LogP contribution in [0.15, 0.2) is 48.7 Å². The van der Waals surface area contributed by atoms with Gasteiger partial charge in [0.25, 0.3) is 5.91 Å². The molecule has 3 N–H and O–H groups in total. The van der Waals surface area contributed by atoms with E-state index in [4.69, 9.17) is 4.74 Å². The quantitative estimate of drug-likeness (QED) is 0.468. The fourth-order valence-electron chi connectivity index (χ4n) is 5.56. The van der Waals surface area contributed by atoms with Crippen LogP contribution < -0.4 is 10.6 Å². The SMILES string of the molecule is COC(C)[C@@H]1CC(NC2CCC(O)(c3ccccn3)CC2)CN1C(=O)CNC(=O)c1cccc(C(F)(F)F)c1. The van der Waals surface area contributed by atoms with Gasteiger partial charge in [-0.05, 0) is 69.4 Å². The molecular weight excluding hydrogens is 513 g/mol. The molecule has 2 heterocycles. The second-order valence-electron chi connectivity index (χ2n) is 10.4. The van der Waals surface area contributed by atoms with Crippen molar-refractivity contribution in [1.29, 1.82) is 0 Å². The largest absolute Gasteiger partial charge is 0.416 e. The normalized spacial score (nSPS) is 26.3. The molecule has 2 aromatic rings. The van der Waals surface area contributed by atoms with Gasteiger partial charge in [-0.15, -0.1) is 0 Å². The van der Waals surface area contributed by atoms with Crippen LogP contribution in [0, 0.1) is 0 Å². The van der Waals surface area contributed by atoms with Gasteiger partial charge in [0.15, 0.2) is 0 Å². The Bertz CT molecular complexity index is 1140. The molecule has 0 radical (unpaired) electrons. The van der Waals surface area contributed by atoms with Crippen LogP contribution >= 0.6 is 0 Å². The predicted molar refractivity (Wildman–Crippen MR) is 138 cm³/mol. The van der Waals surface area contributed by atoms with Crippen molar-refractivity contribution in [2.75, 3.05) is 20.2 Å². The summed E-state index contributed by atoms with van der Waals surface area (Å²) in [4.78, 5) is 31.6. The Labute approximate surface area is 225 Å². The number of pyridine rings is 1. The van der Waals surface area contributed by atoms with Crippen molar-refractivity contribution in [1.82, 2.24) is 20.5 Å². The highest BCUT2D eigenvalue weighted by atomic mass is 19.4. The number of aromatic nitrogens is 1. The molecule has 1 aliphatic carbocycles. The second-order valence-corrected chi connectivity index (χ2v) is 10.4. The summed E-state index contributed by atoms with van der Waals surface area (Å²) in [6.45, 7) is 1.95. The fourth-order valence-corrected chi connectivity index (χ4v) is 5.56. The van der Waals surface area contributed by atoms with E-state index < -0.39 is 23.2 Å². The number of aliphatic hydroxyl groups is 1. The molecule has 1 aromatic carbocycles. The van der Waals surface area contributed by atoms with Crippen molar-refractivity contribution in [3.05, 3.63) is 65.5 Å². The highest BCUT2D eigenvalue weighted by Gasteiger charge is 2.41. The summed E-state index contributed by atoms with van der Waals surface area (Å²) < 4.78 is 44.5. The standard InChI is InChI=1S/C28H35F3N4O4/c1-18(39-2)23-15-22(34-21-9-11-27(38,12-10-21)24-8-3-4-13-32-24)17-35(23)25(36)16-33-26(37)19-6-5-7-20(14-19)28(29,30)31/h3-8,13-14,18,21-23,34,38H,9-12,15-17H2,1-2H3,(H,33,37)/t18?,21?,22?,23-,27?/m0/s1. The molecular formula is C28H35F3N4O4. The lowest BCUT2D eigenvalue weighted by molar-refractivity contribution is -0.137. The average molecular weight is 549 g/mol. The number of nitrogens with one attached hydrogen (secondary N) is 2. The predicted octanol–water partition coefficient (Wildman–Crippen LogP) is 3.25. The van der Waals surface area contributed by atoms with Crippen LogP contribution in [0.3, 0.4) is 0 Å². The van der Waals surface area contributed by atoms with E-state index in [9.17, 15) is 27.9 Å². The Kier molecular flexibility index (Phi) is 8.93. The van der Waals surface area contributed by atoms with Gasteiger partial charge in [-0.2, -0.15) is 13.2 Å². The highest BCUT2D eigenvalue weighted by Crippen LogP contribution is 2.36. The van der Waals surface area contributed by atoms with Crippen molar-refractivity contribution >= 4 is 11.8 Å². The third-order valence-electron chi connectivity index (χ3n) is 7.86. The summed E-state index contributed by atoms with van der Waals surface area (Å²) in [5, 5.41) is 17.2. The minimum absolute atomic E-state index is 0.00163. The van der Waals surface area contributed by atoms with Gasteiger partial charge in [-0.3, -0.25) is 14.6 Å². The first-order valence-electron chi connectivity index (χ1n) is 13.2. The van der Waals surface area contributed by atoms with Crippen molar-refractivity contribution in [3.63, 3.8) is 0 Å². The summed E-state index contributed by atoms with van der Waals surface area (Å²) >= 11 is 0. The minimum atomic E-state index is -4.57. The minimum Gasteiger partial charge on any atom is -0.384 e. The number of hydrogen-bond acceptors (Lipinski definition) is 6. The number of likely N-dealkylation sites (tertiary alicyclic amines) is 1. The molecule has 11 heteroatoms. The van der Waals surface area contributed by atoms with E-state index >= 15 is 0 Å². The lowest BCUT2D eigenvalue weighted by Crippen LogP contribution is -2.47. The molecule has 2 unspecified atom stereocenters. The maximum atomic E-state index is 13.1. The topological polar surface area (TPSA) is 104 Å². The summed E-state index contributed by atoms with van der Waals surface area (Å²) in [5.74, 6) is -1.08. The molecule has 4 rings (SSSR count). The highest BCUT2D eigenvalue weighted by molar-refractivity contribution is 5.96. The Hall–Kier alpha value is -3.02. The molecule has 1 saturated heterocycles. The van der Waals surface area contributed by atoms with Crippen LogP contribution in [-0.2, 0) is 21.3 Å². The first-order chi connectivity index (χ1) is 18.5. The Morgan fingerprint density at radius 3 is 2.56 bits per heavy atom. The number of methoxy groups -OCH3 is 1. The molecule has 1 aromatic heterocycles. The lowest BCUT2D eigenvalue weighted by Gasteiger charge is -2.37. The molecule has 2 amide bonds. The fraction of sp³-hybridized carbons (Fsp3) is 0.536. The zero-order chi connectivity index (χ0) is 28.2. The van der Waals surface area contributed by atoms with Gasteiger partial charge in [0.05, 0.1) is 29.9 Å². The molecule has 212 valence electrons. The summed E-state index contributed by atoms with van der Waals surface area (Å²) in [5.41, 5.74) is -1.35. The maximum absolute atomic E-state index is 13.1. The van der Waals surface area contributed by atoms with Crippen LogP contribution in [0.2, 0.25) is 0 Å². The zero-order valence-corrected chi connectivity index (χ0v) is 22.1. The zero-order valence-electron chi connectivity index (χ0n) is 22.1. The summed E-state index contributed by atoms with van der Waals surface area (Å²) in [7, 11) is 1.57. The van der Waals surface area contributed by atoms with Crippen molar-refractivity contribution < 1.29 is 32.6 Å². The van der Waals surface area contributed by atoms with Crippen molar-refractivity contribution in [2.24, 2.45) is 0 Å². The lowest BCUT2D eigenvalue weighted by atomic mass is 9.79. The Morgan fingerprint density at radius 2 is 1.92 bits per heavy atom. The average Bonchev–Trinajstić information content (AvgIpc) is 3.36. The van der Waals surface area contributed by atoms with E-state index in [2.05, 4.69) is 15.6 Å². The number of ether oxygens (including phenoxy) is 1. The van der Waals surface area contributed by atoms with E-state index in [-0.39, 0.29) is 42.2 Å². The molecule has 3 atom stereocenters. The third kappa shape index (κ3) is 6.95. The number of hydrogen-bond donors (Lipinski definition) is 3. The van der Waals surface area contributed by atoms with Crippen molar-refractivity contribution in [2.45, 2.75) is 75.0 Å². The van der Waals surface area contributed by atoms with Crippen LogP contribution in [0.25, 0.3) is 0 Å². The van der Waals surface area contributed by atoms with E-state index in [1.807, 2.05) is 25.1 Å². The number of alkyl halides is 3. The van der Waals surface area contributed by atoms with E-state index in [1.165, 1.54) is 6.07 Å². The monoisotopic (exact) mass is 548 g/mol. The van der Waals surface area contributed by atoms with Gasteiger partial charge in [-0.25, -0.2) is 0 Å². The molecule has 2 aliphatic rings. The molecule has 8 nitrogen and oxygen atoms in total. The van der Waals surface area contributed by atoms with Crippen LogP contribution in [0.5, 0.6) is 0 Å². The van der Waals surface area contributed by atoms with E-state index in [0.29, 0.717) is 31.5 Å². The number of nitrogens with zero attached hydrogens (tertiary/aromatic N) is 2. The van der Waals surface area contributed by atoms with Crippen molar-refractivity contribution in [3.8, 4) is 0 Å². The first kappa shape index (κ1) is 29.0. The van der Waals surface area contributed by atoms with Gasteiger partial charge in [0.2, 0.25) is 5.91 Å². The number of rotatable bonds is 8. The van der Waals surface area contributed by atoms with Crippen LogP contribution in [0.4, 0.5) is 13.2 Å². The number of halogens is 3. The maximum Gasteiger partial charge on any atom is 0.416 e. The molecule has 1 saturated carbocycles. The van der Waals surface area contributed by atoms with Gasteiger partial charge in [0.1, 0.15) is 5.60 Å². The molecule has 0 bridgehead atoms. The van der Waals surface area contributed by atoms with Gasteiger partial charge < -0.3 is 25.4 Å². The molecule has 2 fully saturated rings. The number of carbonyl (C=O) groups excluding carboxylic acids is 2. The number of carbonyl (C=O) groups is 2. The number of amides is 2. The Morgan fingerprint density at radius 1 is 1.18 bits per heavy atom. The summed E-state index contributed by atoms with van der Waals surface area (Å²) in [6.07, 6.45) is 0.199. The van der Waals surface area contributed by atoms with Gasteiger partial charge in [0, 0.05) is 37.5 Å². The van der Waals surface area contributed by atoms with Gasteiger partial charge in [-0.1, -0.05) is 12.1 Å². The third-order valence-corrected chi connectivity index (χ3v) is 7.86. The molecule has 0 spiro atoms.